The molecule has 7 nitrogen and oxygen atoms in total. The van der Waals surface area contributed by atoms with Crippen LogP contribution in [0.25, 0.3) is 11.1 Å². The third kappa shape index (κ3) is 5.43. The SMILES string of the molecule is O=C(O)CC[C@H](NC(=O)OCC1c2ccccc2-c2ccccc21)C(=O)OCc1ccccc1. The van der Waals surface area contributed by atoms with Crippen molar-refractivity contribution in [1.82, 2.24) is 5.32 Å². The first-order chi connectivity index (χ1) is 16.5. The van der Waals surface area contributed by atoms with Crippen molar-refractivity contribution in [3.8, 4) is 11.1 Å². The number of carboxylic acids is 1. The van der Waals surface area contributed by atoms with Crippen LogP contribution in [0.1, 0.15) is 35.4 Å². The van der Waals surface area contributed by atoms with Gasteiger partial charge in [-0.15, -0.1) is 0 Å². The van der Waals surface area contributed by atoms with E-state index in [2.05, 4.69) is 5.32 Å². The van der Waals surface area contributed by atoms with Gasteiger partial charge in [-0.3, -0.25) is 4.79 Å². The Morgan fingerprint density at radius 1 is 0.824 bits per heavy atom. The van der Waals surface area contributed by atoms with Gasteiger partial charge < -0.3 is 19.9 Å². The lowest BCUT2D eigenvalue weighted by Crippen LogP contribution is -2.42. The van der Waals surface area contributed by atoms with Crippen LogP contribution in [0.5, 0.6) is 0 Å². The quantitative estimate of drug-likeness (QED) is 0.457. The standard InChI is InChI=1S/C27H25NO6/c29-25(30)15-14-24(26(31)33-16-18-8-2-1-3-9-18)28-27(32)34-17-23-21-12-6-4-10-19(21)20-11-5-7-13-22(20)23/h1-13,23-24H,14-17H2,(H,28,32)(H,29,30)/t24-/m0/s1. The van der Waals surface area contributed by atoms with Crippen molar-refractivity contribution in [3.63, 3.8) is 0 Å². The van der Waals surface area contributed by atoms with Gasteiger partial charge in [-0.25, -0.2) is 9.59 Å². The van der Waals surface area contributed by atoms with Crippen LogP contribution in [-0.4, -0.2) is 35.8 Å². The average molecular weight is 459 g/mol. The maximum atomic E-state index is 12.6. The van der Waals surface area contributed by atoms with Crippen molar-refractivity contribution in [2.75, 3.05) is 6.61 Å². The molecule has 1 atom stereocenters. The molecule has 0 aliphatic heterocycles. The van der Waals surface area contributed by atoms with Crippen molar-refractivity contribution in [1.29, 1.82) is 0 Å². The molecular weight excluding hydrogens is 434 g/mol. The highest BCUT2D eigenvalue weighted by Gasteiger charge is 2.30. The number of carboxylic acid groups (broad SMARTS) is 1. The first-order valence-electron chi connectivity index (χ1n) is 11.1. The highest BCUT2D eigenvalue weighted by molar-refractivity contribution is 5.82. The lowest BCUT2D eigenvalue weighted by Gasteiger charge is -2.19. The smallest absolute Gasteiger partial charge is 0.407 e. The number of amides is 1. The van der Waals surface area contributed by atoms with Gasteiger partial charge in [0.05, 0.1) is 0 Å². The van der Waals surface area contributed by atoms with Crippen LogP contribution in [0.3, 0.4) is 0 Å². The number of alkyl carbamates (subject to hydrolysis) is 1. The Bertz CT molecular complexity index is 1130. The van der Waals surface area contributed by atoms with Crippen LogP contribution in [0.15, 0.2) is 78.9 Å². The molecule has 174 valence electrons. The highest BCUT2D eigenvalue weighted by atomic mass is 16.6. The molecule has 0 bridgehead atoms. The summed E-state index contributed by atoms with van der Waals surface area (Å²) >= 11 is 0. The van der Waals surface area contributed by atoms with E-state index in [4.69, 9.17) is 14.6 Å². The number of fused-ring (bicyclic) bond motifs is 3. The number of ether oxygens (including phenoxy) is 2. The number of esters is 1. The molecule has 7 heteroatoms. The van der Waals surface area contributed by atoms with Crippen molar-refractivity contribution in [2.24, 2.45) is 0 Å². The normalized spacial score (nSPS) is 12.8. The second kappa shape index (κ2) is 10.7. The Kier molecular flexibility index (Phi) is 7.22. The fourth-order valence-electron chi connectivity index (χ4n) is 4.13. The number of benzene rings is 3. The molecule has 2 N–H and O–H groups in total. The largest absolute Gasteiger partial charge is 0.481 e. The molecule has 34 heavy (non-hydrogen) atoms. The van der Waals surface area contributed by atoms with Crippen molar-refractivity contribution in [3.05, 3.63) is 95.6 Å². The Morgan fingerprint density at radius 3 is 2.03 bits per heavy atom. The van der Waals surface area contributed by atoms with E-state index < -0.39 is 24.1 Å². The van der Waals surface area contributed by atoms with E-state index >= 15 is 0 Å². The van der Waals surface area contributed by atoms with Crippen LogP contribution >= 0.6 is 0 Å². The zero-order valence-corrected chi connectivity index (χ0v) is 18.5. The molecule has 4 rings (SSSR count). The Balaban J connectivity index is 1.39. The van der Waals surface area contributed by atoms with Crippen LogP contribution in [0.2, 0.25) is 0 Å². The summed E-state index contributed by atoms with van der Waals surface area (Å²) in [4.78, 5) is 36.2. The van der Waals surface area contributed by atoms with Gasteiger partial charge in [0.15, 0.2) is 0 Å². The molecule has 0 radical (unpaired) electrons. The van der Waals surface area contributed by atoms with Gasteiger partial charge in [-0.05, 0) is 34.2 Å². The maximum Gasteiger partial charge on any atom is 0.407 e. The molecule has 0 spiro atoms. The summed E-state index contributed by atoms with van der Waals surface area (Å²) in [6.07, 6.45) is -1.20. The predicted octanol–water partition coefficient (Wildman–Crippen LogP) is 4.50. The van der Waals surface area contributed by atoms with Gasteiger partial charge in [0, 0.05) is 12.3 Å². The second-order valence-electron chi connectivity index (χ2n) is 8.05. The van der Waals surface area contributed by atoms with E-state index in [1.54, 1.807) is 12.1 Å². The number of aliphatic carboxylic acids is 1. The predicted molar refractivity (Wildman–Crippen MR) is 125 cm³/mol. The molecule has 3 aromatic rings. The molecule has 3 aromatic carbocycles. The highest BCUT2D eigenvalue weighted by Crippen LogP contribution is 2.44. The molecule has 0 saturated carbocycles. The van der Waals surface area contributed by atoms with Gasteiger partial charge >= 0.3 is 18.0 Å². The number of hydrogen-bond donors (Lipinski definition) is 2. The fourth-order valence-corrected chi connectivity index (χ4v) is 4.13. The minimum Gasteiger partial charge on any atom is -0.481 e. The first-order valence-corrected chi connectivity index (χ1v) is 11.1. The minimum atomic E-state index is -1.13. The Hall–Kier alpha value is -4.13. The van der Waals surface area contributed by atoms with Gasteiger partial charge in [-0.1, -0.05) is 78.9 Å². The summed E-state index contributed by atoms with van der Waals surface area (Å²) in [5.41, 5.74) is 5.14. The van der Waals surface area contributed by atoms with E-state index in [0.717, 1.165) is 27.8 Å². The molecule has 0 heterocycles. The van der Waals surface area contributed by atoms with Crippen LogP contribution in [0.4, 0.5) is 4.79 Å². The van der Waals surface area contributed by atoms with Crippen LogP contribution in [-0.2, 0) is 25.7 Å². The van der Waals surface area contributed by atoms with E-state index in [0.29, 0.717) is 0 Å². The first kappa shape index (κ1) is 23.0. The summed E-state index contributed by atoms with van der Waals surface area (Å²) in [5, 5.41) is 11.5. The zero-order chi connectivity index (χ0) is 23.9. The van der Waals surface area contributed by atoms with Crippen molar-refractivity contribution < 1.29 is 29.0 Å². The van der Waals surface area contributed by atoms with Gasteiger partial charge in [0.2, 0.25) is 0 Å². The molecular formula is C27H25NO6. The maximum absolute atomic E-state index is 12.6. The Morgan fingerprint density at radius 2 is 1.41 bits per heavy atom. The molecule has 0 aromatic heterocycles. The summed E-state index contributed by atoms with van der Waals surface area (Å²) < 4.78 is 10.8. The van der Waals surface area contributed by atoms with E-state index in [1.807, 2.05) is 66.7 Å². The number of rotatable bonds is 9. The third-order valence-corrected chi connectivity index (χ3v) is 5.79. The molecule has 1 amide bonds. The molecule has 1 aliphatic rings. The van der Waals surface area contributed by atoms with E-state index in [-0.39, 0.29) is 32.0 Å². The minimum absolute atomic E-state index is 0.0234. The van der Waals surface area contributed by atoms with Crippen molar-refractivity contribution in [2.45, 2.75) is 31.4 Å². The number of nitrogens with one attached hydrogen (secondary N) is 1. The molecule has 0 saturated heterocycles. The third-order valence-electron chi connectivity index (χ3n) is 5.79. The molecule has 0 fully saturated rings. The summed E-state index contributed by atoms with van der Waals surface area (Å²) in [7, 11) is 0. The topological polar surface area (TPSA) is 102 Å². The molecule has 1 aliphatic carbocycles. The summed E-state index contributed by atoms with van der Waals surface area (Å²) in [6, 6.07) is 23.9. The lowest BCUT2D eigenvalue weighted by molar-refractivity contribution is -0.148. The zero-order valence-electron chi connectivity index (χ0n) is 18.5. The number of carbonyl (C=O) groups excluding carboxylic acids is 2. The number of carbonyl (C=O) groups is 3. The molecule has 0 unspecified atom stereocenters. The van der Waals surface area contributed by atoms with Crippen molar-refractivity contribution >= 4 is 18.0 Å². The van der Waals surface area contributed by atoms with Crippen LogP contribution in [0, 0.1) is 0 Å². The summed E-state index contributed by atoms with van der Waals surface area (Å²) in [5.74, 6) is -1.91. The monoisotopic (exact) mass is 459 g/mol. The fraction of sp³-hybridized carbons (Fsp3) is 0.222. The van der Waals surface area contributed by atoms with E-state index in [9.17, 15) is 14.4 Å². The Labute approximate surface area is 197 Å². The summed E-state index contributed by atoms with van der Waals surface area (Å²) in [6.45, 7) is 0.111. The van der Waals surface area contributed by atoms with E-state index in [1.165, 1.54) is 0 Å². The average Bonchev–Trinajstić information content (AvgIpc) is 3.18. The lowest BCUT2D eigenvalue weighted by atomic mass is 9.98. The second-order valence-corrected chi connectivity index (χ2v) is 8.05. The van der Waals surface area contributed by atoms with Gasteiger partial charge in [0.25, 0.3) is 0 Å². The van der Waals surface area contributed by atoms with Gasteiger partial charge in [-0.2, -0.15) is 0 Å². The van der Waals surface area contributed by atoms with Crippen LogP contribution < -0.4 is 5.32 Å². The number of hydrogen-bond acceptors (Lipinski definition) is 5. The van der Waals surface area contributed by atoms with Gasteiger partial charge in [0.1, 0.15) is 19.3 Å².